The lowest BCUT2D eigenvalue weighted by Crippen LogP contribution is -1.94. The molecule has 4 aromatic carbocycles. The molecule has 0 bridgehead atoms. The van der Waals surface area contributed by atoms with Crippen molar-refractivity contribution in [2.45, 2.75) is 25.7 Å². The molecule has 4 aromatic rings. The fraction of sp³-hybridized carbons (Fsp3) is 0.143. The first kappa shape index (κ1) is 22.9. The summed E-state index contributed by atoms with van der Waals surface area (Å²) in [5, 5.41) is 48.4. The second-order valence-corrected chi connectivity index (χ2v) is 8.23. The molecule has 0 aliphatic heterocycles. The molecule has 0 radical (unpaired) electrons. The van der Waals surface area contributed by atoms with Crippen LogP contribution in [0.1, 0.15) is 22.3 Å². The van der Waals surface area contributed by atoms with Crippen LogP contribution in [0, 0.1) is 0 Å². The Morgan fingerprint density at radius 1 is 0.471 bits per heavy atom. The standard InChI is InChI=1S/C28H26O6/c29-22-10-8-18(9-11-22)4-6-20-12-23(30)17-25(14-20)34-24-3-1-2-19(13-24)5-7-21-15-26(31)28(33)27(32)16-21/h1-3,8-17,29-33H,4-7H2. The third-order valence-electron chi connectivity index (χ3n) is 5.56. The van der Waals surface area contributed by atoms with E-state index in [4.69, 9.17) is 4.74 Å². The van der Waals surface area contributed by atoms with Crippen molar-refractivity contribution in [2.75, 3.05) is 0 Å². The maximum absolute atomic E-state index is 10.2. The van der Waals surface area contributed by atoms with Crippen LogP contribution in [0.2, 0.25) is 0 Å². The lowest BCUT2D eigenvalue weighted by molar-refractivity contribution is 0.367. The van der Waals surface area contributed by atoms with Crippen molar-refractivity contribution in [1.82, 2.24) is 0 Å². The lowest BCUT2D eigenvalue weighted by atomic mass is 10.0. The molecule has 0 aliphatic rings. The first-order valence-electron chi connectivity index (χ1n) is 11.0. The van der Waals surface area contributed by atoms with Gasteiger partial charge in [0.05, 0.1) is 0 Å². The Morgan fingerprint density at radius 2 is 1.06 bits per heavy atom. The van der Waals surface area contributed by atoms with E-state index < -0.39 is 5.75 Å². The SMILES string of the molecule is Oc1ccc(CCc2cc(O)cc(Oc3cccc(CCc4cc(O)c(O)c(O)c4)c3)c2)cc1. The number of aromatic hydroxyl groups is 5. The van der Waals surface area contributed by atoms with Crippen LogP contribution in [0.3, 0.4) is 0 Å². The molecule has 174 valence electrons. The van der Waals surface area contributed by atoms with E-state index in [-0.39, 0.29) is 23.0 Å². The molecule has 0 aliphatic carbocycles. The summed E-state index contributed by atoms with van der Waals surface area (Å²) in [5.74, 6) is 0.303. The highest BCUT2D eigenvalue weighted by Crippen LogP contribution is 2.36. The molecule has 4 rings (SSSR count). The number of hydrogen-bond donors (Lipinski definition) is 5. The maximum atomic E-state index is 10.2. The molecule has 0 atom stereocenters. The first-order chi connectivity index (χ1) is 16.4. The molecule has 6 heteroatoms. The molecule has 0 fully saturated rings. The predicted molar refractivity (Wildman–Crippen MR) is 129 cm³/mol. The highest BCUT2D eigenvalue weighted by Gasteiger charge is 2.09. The van der Waals surface area contributed by atoms with E-state index in [2.05, 4.69) is 0 Å². The number of hydrogen-bond acceptors (Lipinski definition) is 6. The minimum absolute atomic E-state index is 0.126. The van der Waals surface area contributed by atoms with Crippen LogP contribution in [-0.2, 0) is 25.7 Å². The van der Waals surface area contributed by atoms with Crippen LogP contribution in [0.25, 0.3) is 0 Å². The van der Waals surface area contributed by atoms with Gasteiger partial charge >= 0.3 is 0 Å². The van der Waals surface area contributed by atoms with Crippen molar-refractivity contribution in [1.29, 1.82) is 0 Å². The summed E-state index contributed by atoms with van der Waals surface area (Å²) in [6.45, 7) is 0. The lowest BCUT2D eigenvalue weighted by Gasteiger charge is -2.11. The summed E-state index contributed by atoms with van der Waals surface area (Å²) in [7, 11) is 0. The van der Waals surface area contributed by atoms with Gasteiger partial charge in [-0.3, -0.25) is 0 Å². The summed E-state index contributed by atoms with van der Waals surface area (Å²) in [6.07, 6.45) is 2.67. The molecule has 5 N–H and O–H groups in total. The average molecular weight is 459 g/mol. The first-order valence-corrected chi connectivity index (χ1v) is 11.0. The van der Waals surface area contributed by atoms with Crippen LogP contribution >= 0.6 is 0 Å². The average Bonchev–Trinajstić information content (AvgIpc) is 2.81. The van der Waals surface area contributed by atoms with Gasteiger partial charge in [-0.2, -0.15) is 0 Å². The van der Waals surface area contributed by atoms with Gasteiger partial charge in [-0.1, -0.05) is 24.3 Å². The zero-order chi connectivity index (χ0) is 24.1. The van der Waals surface area contributed by atoms with Crippen molar-refractivity contribution in [3.63, 3.8) is 0 Å². The molecule has 0 saturated heterocycles. The quantitative estimate of drug-likeness (QED) is 0.221. The van der Waals surface area contributed by atoms with Crippen LogP contribution in [-0.4, -0.2) is 25.5 Å². The second-order valence-electron chi connectivity index (χ2n) is 8.23. The van der Waals surface area contributed by atoms with E-state index in [1.807, 2.05) is 42.5 Å². The molecular weight excluding hydrogens is 432 g/mol. The number of phenols is 5. The Morgan fingerprint density at radius 3 is 1.76 bits per heavy atom. The summed E-state index contributed by atoms with van der Waals surface area (Å²) in [6, 6.07) is 22.7. The zero-order valence-corrected chi connectivity index (χ0v) is 18.5. The Hall–Kier alpha value is -4.32. The fourth-order valence-electron chi connectivity index (χ4n) is 3.79. The van der Waals surface area contributed by atoms with E-state index >= 15 is 0 Å². The smallest absolute Gasteiger partial charge is 0.200 e. The molecule has 0 aromatic heterocycles. The van der Waals surface area contributed by atoms with Gasteiger partial charge in [0.1, 0.15) is 23.0 Å². The minimum Gasteiger partial charge on any atom is -0.508 e. The molecule has 0 heterocycles. The van der Waals surface area contributed by atoms with Crippen molar-refractivity contribution in [3.8, 4) is 40.2 Å². The van der Waals surface area contributed by atoms with Crippen LogP contribution in [0.15, 0.2) is 78.9 Å². The molecule has 6 nitrogen and oxygen atoms in total. The zero-order valence-electron chi connectivity index (χ0n) is 18.5. The van der Waals surface area contributed by atoms with Gasteiger partial charge in [0.2, 0.25) is 0 Å². The highest BCUT2D eigenvalue weighted by atomic mass is 16.5. The van der Waals surface area contributed by atoms with E-state index in [0.29, 0.717) is 36.3 Å². The monoisotopic (exact) mass is 458 g/mol. The van der Waals surface area contributed by atoms with Gasteiger partial charge < -0.3 is 30.3 Å². The van der Waals surface area contributed by atoms with Gasteiger partial charge in [-0.15, -0.1) is 0 Å². The predicted octanol–water partition coefficient (Wildman–Crippen LogP) is 5.58. The number of benzene rings is 4. The summed E-state index contributed by atoms with van der Waals surface area (Å²) in [4.78, 5) is 0. The van der Waals surface area contributed by atoms with E-state index in [0.717, 1.165) is 23.1 Å². The Kier molecular flexibility index (Phi) is 6.78. The van der Waals surface area contributed by atoms with E-state index in [1.54, 1.807) is 24.3 Å². The van der Waals surface area contributed by atoms with Crippen LogP contribution in [0.5, 0.6) is 40.2 Å². The van der Waals surface area contributed by atoms with Gasteiger partial charge in [0.15, 0.2) is 17.2 Å². The Labute approximate surface area is 197 Å². The van der Waals surface area contributed by atoms with E-state index in [9.17, 15) is 25.5 Å². The summed E-state index contributed by atoms with van der Waals surface area (Å²) in [5.41, 5.74) is 3.72. The summed E-state index contributed by atoms with van der Waals surface area (Å²) >= 11 is 0. The molecule has 34 heavy (non-hydrogen) atoms. The van der Waals surface area contributed by atoms with Crippen molar-refractivity contribution in [3.05, 3.63) is 101 Å². The highest BCUT2D eigenvalue weighted by molar-refractivity contribution is 5.51. The number of phenolic OH excluding ortho intramolecular Hbond substituents is 5. The minimum atomic E-state index is -0.521. The van der Waals surface area contributed by atoms with Crippen molar-refractivity contribution < 1.29 is 30.3 Å². The van der Waals surface area contributed by atoms with Crippen LogP contribution in [0.4, 0.5) is 0 Å². The van der Waals surface area contributed by atoms with Crippen molar-refractivity contribution in [2.24, 2.45) is 0 Å². The van der Waals surface area contributed by atoms with E-state index in [1.165, 1.54) is 12.1 Å². The van der Waals surface area contributed by atoms with Gasteiger partial charge in [0.25, 0.3) is 0 Å². The molecule has 0 amide bonds. The second kappa shape index (κ2) is 10.1. The Bertz CT molecular complexity index is 1260. The van der Waals surface area contributed by atoms with Crippen molar-refractivity contribution >= 4 is 0 Å². The fourth-order valence-corrected chi connectivity index (χ4v) is 3.79. The van der Waals surface area contributed by atoms with Gasteiger partial charge in [0, 0.05) is 6.07 Å². The molecule has 0 spiro atoms. The third-order valence-corrected chi connectivity index (χ3v) is 5.56. The topological polar surface area (TPSA) is 110 Å². The van der Waals surface area contributed by atoms with Gasteiger partial charge in [-0.05, 0) is 96.5 Å². The molecule has 0 saturated carbocycles. The maximum Gasteiger partial charge on any atom is 0.200 e. The normalized spacial score (nSPS) is 10.8. The third kappa shape index (κ3) is 5.92. The largest absolute Gasteiger partial charge is 0.508 e. The number of rotatable bonds is 8. The number of aryl methyl sites for hydroxylation is 4. The molecular formula is C28H26O6. The Balaban J connectivity index is 1.41. The van der Waals surface area contributed by atoms with Crippen LogP contribution < -0.4 is 4.74 Å². The molecule has 0 unspecified atom stereocenters. The van der Waals surface area contributed by atoms with Gasteiger partial charge in [-0.25, -0.2) is 0 Å². The number of ether oxygens (including phenoxy) is 1. The summed E-state index contributed by atoms with van der Waals surface area (Å²) < 4.78 is 6.01.